The number of ether oxygens (including phenoxy) is 1. The Bertz CT molecular complexity index is 1480. The Hall–Kier alpha value is -3.10. The van der Waals surface area contributed by atoms with Crippen LogP contribution in [-0.4, -0.2) is 75.0 Å². The minimum absolute atomic E-state index is 0.0329. The maximum Gasteiger partial charge on any atom is 0.262 e. The highest BCUT2D eigenvalue weighted by molar-refractivity contribution is 7.91. The number of aromatic nitrogens is 1. The van der Waals surface area contributed by atoms with Gasteiger partial charge in [0.1, 0.15) is 18.4 Å². The molecule has 2 heterocycles. The van der Waals surface area contributed by atoms with Gasteiger partial charge >= 0.3 is 0 Å². The highest BCUT2D eigenvalue weighted by atomic mass is 32.2. The van der Waals surface area contributed by atoms with E-state index >= 15 is 0 Å². The van der Waals surface area contributed by atoms with Gasteiger partial charge in [-0.2, -0.15) is 0 Å². The van der Waals surface area contributed by atoms with Gasteiger partial charge in [0.2, 0.25) is 10.0 Å². The van der Waals surface area contributed by atoms with Crippen LogP contribution in [0.4, 0.5) is 0 Å². The average Bonchev–Trinajstić information content (AvgIpc) is 2.88. The molecule has 0 aliphatic carbocycles. The Morgan fingerprint density at radius 1 is 1.14 bits per heavy atom. The quantitative estimate of drug-likeness (QED) is 0.262. The lowest BCUT2D eigenvalue weighted by atomic mass is 10.1. The van der Waals surface area contributed by atoms with Gasteiger partial charge in [0, 0.05) is 36.3 Å². The predicted octanol–water partition coefficient (Wildman–Crippen LogP) is 1.00. The number of pyridine rings is 1. The van der Waals surface area contributed by atoms with Crippen molar-refractivity contribution in [3.8, 4) is 5.75 Å². The van der Waals surface area contributed by atoms with Crippen molar-refractivity contribution < 1.29 is 31.6 Å². The van der Waals surface area contributed by atoms with Crippen LogP contribution in [0.3, 0.4) is 0 Å². The van der Waals surface area contributed by atoms with Crippen LogP contribution in [0.2, 0.25) is 0 Å². The summed E-state index contributed by atoms with van der Waals surface area (Å²) in [6, 6.07) is 14.5. The van der Waals surface area contributed by atoms with Gasteiger partial charge in [0.15, 0.2) is 9.84 Å². The summed E-state index contributed by atoms with van der Waals surface area (Å²) >= 11 is 0. The number of hydrogen-bond donors (Lipinski definition) is 3. The second-order valence-corrected chi connectivity index (χ2v) is 12.8. The normalized spacial score (nSPS) is 16.8. The van der Waals surface area contributed by atoms with E-state index in [2.05, 4.69) is 9.71 Å². The van der Waals surface area contributed by atoms with Crippen molar-refractivity contribution >= 4 is 36.7 Å². The number of aryl methyl sites for hydroxylation is 1. The van der Waals surface area contributed by atoms with Crippen LogP contribution in [0.1, 0.15) is 11.3 Å². The number of fused-ring (bicyclic) bond motifs is 1. The fourth-order valence-electron chi connectivity index (χ4n) is 4.16. The first-order chi connectivity index (χ1) is 17.6. The number of hydroxylamine groups is 1. The van der Waals surface area contributed by atoms with E-state index in [9.17, 15) is 21.6 Å². The summed E-state index contributed by atoms with van der Waals surface area (Å²) in [7, 11) is -7.19. The zero-order valence-electron chi connectivity index (χ0n) is 20.1. The summed E-state index contributed by atoms with van der Waals surface area (Å²) in [5.41, 5.74) is 4.22. The number of para-hydroxylation sites is 1. The van der Waals surface area contributed by atoms with Gasteiger partial charge in [-0.1, -0.05) is 18.2 Å². The molecule has 1 atom stereocenters. The Morgan fingerprint density at radius 2 is 1.81 bits per heavy atom. The fraction of sp³-hybridized carbons (Fsp3) is 0.333. The van der Waals surface area contributed by atoms with E-state index in [0.717, 1.165) is 22.2 Å². The lowest BCUT2D eigenvalue weighted by molar-refractivity contribution is -0.134. The molecule has 2 aromatic carbocycles. The summed E-state index contributed by atoms with van der Waals surface area (Å²) in [6.45, 7) is 1.95. The Labute approximate surface area is 215 Å². The molecule has 0 spiro atoms. The largest absolute Gasteiger partial charge is 0.489 e. The minimum atomic E-state index is -4.00. The molecule has 1 aromatic heterocycles. The van der Waals surface area contributed by atoms with Gasteiger partial charge in [-0.05, 0) is 43.3 Å². The minimum Gasteiger partial charge on any atom is -0.489 e. The van der Waals surface area contributed by atoms with E-state index in [1.807, 2.05) is 37.3 Å². The van der Waals surface area contributed by atoms with Gasteiger partial charge in [-0.15, -0.1) is 0 Å². The van der Waals surface area contributed by atoms with Crippen molar-refractivity contribution in [1.29, 1.82) is 0 Å². The molecule has 37 heavy (non-hydrogen) atoms. The molecule has 3 aromatic rings. The third-order valence-corrected chi connectivity index (χ3v) is 9.21. The molecule has 1 fully saturated rings. The summed E-state index contributed by atoms with van der Waals surface area (Å²) in [4.78, 5) is 18.2. The van der Waals surface area contributed by atoms with E-state index in [0.29, 0.717) is 5.75 Å². The van der Waals surface area contributed by atoms with Crippen molar-refractivity contribution in [1.82, 2.24) is 20.1 Å². The van der Waals surface area contributed by atoms with Crippen LogP contribution in [0.25, 0.3) is 10.9 Å². The maximum absolute atomic E-state index is 12.8. The second kappa shape index (κ2) is 11.1. The average molecular weight is 549 g/mol. The van der Waals surface area contributed by atoms with E-state index in [-0.39, 0.29) is 42.6 Å². The van der Waals surface area contributed by atoms with Crippen LogP contribution in [0.15, 0.2) is 59.5 Å². The van der Waals surface area contributed by atoms with Crippen molar-refractivity contribution in [2.45, 2.75) is 24.5 Å². The number of sulfonamides is 1. The number of carbonyl (C=O) groups excluding carboxylic acids is 1. The van der Waals surface area contributed by atoms with Gasteiger partial charge in [-0.25, -0.2) is 27.0 Å². The van der Waals surface area contributed by atoms with Gasteiger partial charge in [-0.3, -0.25) is 19.9 Å². The second-order valence-electron chi connectivity index (χ2n) is 8.73. The van der Waals surface area contributed by atoms with Crippen molar-refractivity contribution in [2.24, 2.45) is 0 Å². The summed E-state index contributed by atoms with van der Waals surface area (Å²) < 4.78 is 57.3. The van der Waals surface area contributed by atoms with E-state index in [1.165, 1.54) is 34.6 Å². The molecule has 1 aliphatic rings. The predicted molar refractivity (Wildman–Crippen MR) is 136 cm³/mol. The first kappa shape index (κ1) is 26.9. The standard InChI is InChI=1S/C24H28N4O7S2/c1-17-14-18(21-4-2-3-5-22(21)26-17)16-35-19-6-8-20(9-7-19)37(33,34)25-15-23(24(29)27-30)28-10-12-36(31,32)13-11-28/h2-9,14,23,25,30H,10-13,15-16H2,1H3,(H,27,29)/t23-/m0/s1. The van der Waals surface area contributed by atoms with Crippen molar-refractivity contribution in [3.05, 3.63) is 65.9 Å². The molecule has 1 saturated heterocycles. The molecule has 0 saturated carbocycles. The molecule has 198 valence electrons. The summed E-state index contributed by atoms with van der Waals surface area (Å²) in [6.07, 6.45) is 0. The van der Waals surface area contributed by atoms with Crippen LogP contribution < -0.4 is 14.9 Å². The molecule has 1 amide bonds. The van der Waals surface area contributed by atoms with Crippen molar-refractivity contribution in [2.75, 3.05) is 31.1 Å². The van der Waals surface area contributed by atoms with Crippen LogP contribution >= 0.6 is 0 Å². The SMILES string of the molecule is Cc1cc(COc2ccc(S(=O)(=O)NC[C@@H](C(=O)NO)N3CCS(=O)(=O)CC3)cc2)c2ccccc2n1. The molecule has 11 nitrogen and oxygen atoms in total. The monoisotopic (exact) mass is 548 g/mol. The number of benzene rings is 2. The fourth-order valence-corrected chi connectivity index (χ4v) is 6.43. The number of carbonyl (C=O) groups is 1. The lowest BCUT2D eigenvalue weighted by Crippen LogP contribution is -2.56. The van der Waals surface area contributed by atoms with Crippen LogP contribution in [0, 0.1) is 6.92 Å². The molecule has 0 radical (unpaired) electrons. The Kier molecular flexibility index (Phi) is 8.09. The number of nitrogens with zero attached hydrogens (tertiary/aromatic N) is 2. The molecule has 1 aliphatic heterocycles. The molecule has 4 rings (SSSR count). The van der Waals surface area contributed by atoms with E-state index in [4.69, 9.17) is 9.94 Å². The summed E-state index contributed by atoms with van der Waals surface area (Å²) in [5.74, 6) is -0.648. The first-order valence-electron chi connectivity index (χ1n) is 11.5. The molecule has 13 heteroatoms. The zero-order chi connectivity index (χ0) is 26.6. The number of nitrogens with one attached hydrogen (secondary N) is 2. The number of rotatable bonds is 9. The van der Waals surface area contributed by atoms with Crippen molar-refractivity contribution in [3.63, 3.8) is 0 Å². The van der Waals surface area contributed by atoms with Crippen LogP contribution in [-0.2, 0) is 31.3 Å². The van der Waals surface area contributed by atoms with Gasteiger partial charge in [0.25, 0.3) is 5.91 Å². The molecule has 0 unspecified atom stereocenters. The number of sulfone groups is 1. The number of hydrogen-bond acceptors (Lipinski definition) is 9. The molecular formula is C24H28N4O7S2. The highest BCUT2D eigenvalue weighted by Crippen LogP contribution is 2.22. The zero-order valence-corrected chi connectivity index (χ0v) is 21.8. The van der Waals surface area contributed by atoms with E-state index < -0.39 is 31.8 Å². The smallest absolute Gasteiger partial charge is 0.262 e. The maximum atomic E-state index is 12.8. The summed E-state index contributed by atoms with van der Waals surface area (Å²) in [5, 5.41) is 10.1. The molecular weight excluding hydrogens is 520 g/mol. The third-order valence-electron chi connectivity index (χ3n) is 6.16. The number of amides is 1. The first-order valence-corrected chi connectivity index (χ1v) is 14.8. The lowest BCUT2D eigenvalue weighted by Gasteiger charge is -2.32. The van der Waals surface area contributed by atoms with E-state index in [1.54, 1.807) is 0 Å². The molecule has 0 bridgehead atoms. The Morgan fingerprint density at radius 3 is 2.49 bits per heavy atom. The van der Waals surface area contributed by atoms with Gasteiger partial charge in [0.05, 0.1) is 21.9 Å². The van der Waals surface area contributed by atoms with Crippen LogP contribution in [0.5, 0.6) is 5.75 Å². The molecule has 3 N–H and O–H groups in total. The third kappa shape index (κ3) is 6.62. The Balaban J connectivity index is 1.40. The topological polar surface area (TPSA) is 155 Å². The van der Waals surface area contributed by atoms with Gasteiger partial charge < -0.3 is 4.74 Å². The highest BCUT2D eigenvalue weighted by Gasteiger charge is 2.32.